The molecule has 7 heteroatoms. The summed E-state index contributed by atoms with van der Waals surface area (Å²) in [5, 5.41) is 3.08. The number of benzene rings is 2. The Labute approximate surface area is 185 Å². The third kappa shape index (κ3) is 6.55. The van der Waals surface area contributed by atoms with E-state index in [-0.39, 0.29) is 23.6 Å². The largest absolute Gasteiger partial charge is 0.457 e. The molecular weight excluding hydrogens is 412 g/mol. The Bertz CT molecular complexity index is 937. The van der Waals surface area contributed by atoms with Gasteiger partial charge in [-0.1, -0.05) is 43.7 Å². The fourth-order valence-electron chi connectivity index (χ4n) is 3.72. The van der Waals surface area contributed by atoms with Gasteiger partial charge in [-0.2, -0.15) is 0 Å². The van der Waals surface area contributed by atoms with E-state index in [1.54, 1.807) is 4.31 Å². The molecule has 0 saturated carbocycles. The second-order valence-electron chi connectivity index (χ2n) is 8.06. The molecule has 31 heavy (non-hydrogen) atoms. The Morgan fingerprint density at radius 1 is 1.06 bits per heavy atom. The van der Waals surface area contributed by atoms with Crippen LogP contribution in [0.3, 0.4) is 0 Å². The van der Waals surface area contributed by atoms with Gasteiger partial charge in [0.15, 0.2) is 0 Å². The number of amides is 1. The van der Waals surface area contributed by atoms with E-state index in [1.165, 1.54) is 0 Å². The minimum atomic E-state index is -3.20. The lowest BCUT2D eigenvalue weighted by atomic mass is 9.96. The molecule has 6 nitrogen and oxygen atoms in total. The van der Waals surface area contributed by atoms with E-state index in [4.69, 9.17) is 4.74 Å². The molecule has 1 unspecified atom stereocenters. The topological polar surface area (TPSA) is 75.7 Å². The van der Waals surface area contributed by atoms with Gasteiger partial charge in [-0.15, -0.1) is 0 Å². The molecule has 2 aromatic carbocycles. The summed E-state index contributed by atoms with van der Waals surface area (Å²) in [7, 11) is -3.20. The van der Waals surface area contributed by atoms with Crippen molar-refractivity contribution >= 4 is 15.9 Å². The van der Waals surface area contributed by atoms with Crippen LogP contribution in [0.15, 0.2) is 54.6 Å². The Balaban J connectivity index is 1.49. The number of para-hydroxylation sites is 1. The predicted molar refractivity (Wildman–Crippen MR) is 123 cm³/mol. The van der Waals surface area contributed by atoms with Crippen molar-refractivity contribution in [3.05, 3.63) is 60.2 Å². The SMILES string of the molecule is CCCCS(=O)(=O)N1CCC(C(=O)NC(C)c2ccc(Oc3ccccc3)cc2)CC1. The molecule has 1 aliphatic rings. The highest BCUT2D eigenvalue weighted by atomic mass is 32.2. The first-order valence-electron chi connectivity index (χ1n) is 11.0. The number of rotatable bonds is 9. The third-order valence-corrected chi connectivity index (χ3v) is 7.65. The Morgan fingerprint density at radius 3 is 2.29 bits per heavy atom. The highest BCUT2D eigenvalue weighted by molar-refractivity contribution is 7.89. The standard InChI is InChI=1S/C24H32N2O4S/c1-3-4-18-31(28,29)26-16-14-21(15-17-26)24(27)25-19(2)20-10-12-23(13-11-20)30-22-8-6-5-7-9-22/h5-13,19,21H,3-4,14-18H2,1-2H3,(H,25,27). The van der Waals surface area contributed by atoms with Gasteiger partial charge >= 0.3 is 0 Å². The summed E-state index contributed by atoms with van der Waals surface area (Å²) in [5.74, 6) is 1.55. The van der Waals surface area contributed by atoms with E-state index in [9.17, 15) is 13.2 Å². The molecule has 1 amide bonds. The van der Waals surface area contributed by atoms with Crippen LogP contribution in [0.5, 0.6) is 11.5 Å². The molecule has 0 aromatic heterocycles. The maximum Gasteiger partial charge on any atom is 0.223 e. The predicted octanol–water partition coefficient (Wildman–Crippen LogP) is 4.50. The normalized spacial score (nSPS) is 16.6. The summed E-state index contributed by atoms with van der Waals surface area (Å²) in [4.78, 5) is 12.7. The first-order valence-corrected chi connectivity index (χ1v) is 12.6. The Hall–Kier alpha value is -2.38. The minimum absolute atomic E-state index is 0.0114. The van der Waals surface area contributed by atoms with Crippen molar-refractivity contribution in [3.8, 4) is 11.5 Å². The third-order valence-electron chi connectivity index (χ3n) is 5.69. The van der Waals surface area contributed by atoms with Crippen LogP contribution < -0.4 is 10.1 Å². The van der Waals surface area contributed by atoms with E-state index < -0.39 is 10.0 Å². The highest BCUT2D eigenvalue weighted by Crippen LogP contribution is 2.25. The summed E-state index contributed by atoms with van der Waals surface area (Å²) in [5.41, 5.74) is 0.994. The lowest BCUT2D eigenvalue weighted by Crippen LogP contribution is -2.44. The van der Waals surface area contributed by atoms with Crippen molar-refractivity contribution in [1.29, 1.82) is 0 Å². The maximum absolute atomic E-state index is 12.7. The molecule has 0 radical (unpaired) electrons. The number of sulfonamides is 1. The second-order valence-corrected chi connectivity index (χ2v) is 10.1. The first kappa shape index (κ1) is 23.3. The van der Waals surface area contributed by atoms with Gasteiger partial charge in [-0.25, -0.2) is 12.7 Å². The second kappa shape index (κ2) is 10.8. The summed E-state index contributed by atoms with van der Waals surface area (Å²) in [6.07, 6.45) is 2.66. The summed E-state index contributed by atoms with van der Waals surface area (Å²) in [6, 6.07) is 17.1. The van der Waals surface area contributed by atoms with Gasteiger partial charge in [-0.3, -0.25) is 4.79 Å². The van der Waals surface area contributed by atoms with Crippen LogP contribution in [0.4, 0.5) is 0 Å². The number of unbranched alkanes of at least 4 members (excludes halogenated alkanes) is 1. The average Bonchev–Trinajstić information content (AvgIpc) is 2.79. The zero-order chi connectivity index (χ0) is 22.3. The number of hydrogen-bond acceptors (Lipinski definition) is 4. The number of ether oxygens (including phenoxy) is 1. The monoisotopic (exact) mass is 444 g/mol. The van der Waals surface area contributed by atoms with Crippen molar-refractivity contribution in [2.75, 3.05) is 18.8 Å². The first-order chi connectivity index (χ1) is 14.9. The maximum atomic E-state index is 12.7. The molecule has 168 valence electrons. The van der Waals surface area contributed by atoms with Gasteiger partial charge in [0.2, 0.25) is 15.9 Å². The fraction of sp³-hybridized carbons (Fsp3) is 0.458. The molecule has 0 bridgehead atoms. The van der Waals surface area contributed by atoms with E-state index in [1.807, 2.05) is 68.4 Å². The quantitative estimate of drug-likeness (QED) is 0.618. The van der Waals surface area contributed by atoms with Crippen LogP contribution in [0.25, 0.3) is 0 Å². The van der Waals surface area contributed by atoms with Crippen LogP contribution in [0.1, 0.15) is 51.1 Å². The molecule has 1 fully saturated rings. The van der Waals surface area contributed by atoms with Gasteiger partial charge in [-0.05, 0) is 56.0 Å². The van der Waals surface area contributed by atoms with Crippen LogP contribution in [-0.4, -0.2) is 37.5 Å². The van der Waals surface area contributed by atoms with Crippen molar-refractivity contribution in [2.45, 2.75) is 45.6 Å². The van der Waals surface area contributed by atoms with Crippen molar-refractivity contribution < 1.29 is 17.9 Å². The van der Waals surface area contributed by atoms with Crippen LogP contribution in [0, 0.1) is 5.92 Å². The number of nitrogens with one attached hydrogen (secondary N) is 1. The molecule has 1 saturated heterocycles. The molecule has 1 atom stereocenters. The molecular formula is C24H32N2O4S. The van der Waals surface area contributed by atoms with Crippen LogP contribution >= 0.6 is 0 Å². The number of piperidine rings is 1. The molecule has 3 rings (SSSR count). The number of carbonyl (C=O) groups is 1. The molecule has 0 spiro atoms. The van der Waals surface area contributed by atoms with E-state index in [0.717, 1.165) is 23.5 Å². The van der Waals surface area contributed by atoms with Gasteiger partial charge in [0.25, 0.3) is 0 Å². The van der Waals surface area contributed by atoms with Gasteiger partial charge in [0.1, 0.15) is 11.5 Å². The van der Waals surface area contributed by atoms with Gasteiger partial charge < -0.3 is 10.1 Å². The van der Waals surface area contributed by atoms with Crippen molar-refractivity contribution in [2.24, 2.45) is 5.92 Å². The van der Waals surface area contributed by atoms with E-state index in [0.29, 0.717) is 32.4 Å². The number of nitrogens with zero attached hydrogens (tertiary/aromatic N) is 1. The summed E-state index contributed by atoms with van der Waals surface area (Å²) >= 11 is 0. The highest BCUT2D eigenvalue weighted by Gasteiger charge is 2.31. The minimum Gasteiger partial charge on any atom is -0.457 e. The van der Waals surface area contributed by atoms with Crippen molar-refractivity contribution in [1.82, 2.24) is 9.62 Å². The summed E-state index contributed by atoms with van der Waals surface area (Å²) < 4.78 is 32.0. The zero-order valence-electron chi connectivity index (χ0n) is 18.3. The zero-order valence-corrected chi connectivity index (χ0v) is 19.1. The number of carbonyl (C=O) groups excluding carboxylic acids is 1. The molecule has 1 heterocycles. The lowest BCUT2D eigenvalue weighted by Gasteiger charge is -2.31. The molecule has 2 aromatic rings. The molecule has 1 aliphatic heterocycles. The van der Waals surface area contributed by atoms with Crippen molar-refractivity contribution in [3.63, 3.8) is 0 Å². The lowest BCUT2D eigenvalue weighted by molar-refractivity contribution is -0.126. The van der Waals surface area contributed by atoms with Crippen LogP contribution in [0.2, 0.25) is 0 Å². The number of hydrogen-bond donors (Lipinski definition) is 1. The van der Waals surface area contributed by atoms with Gasteiger partial charge in [0, 0.05) is 19.0 Å². The Morgan fingerprint density at radius 2 is 1.68 bits per heavy atom. The molecule has 0 aliphatic carbocycles. The molecule has 1 N–H and O–H groups in total. The smallest absolute Gasteiger partial charge is 0.223 e. The average molecular weight is 445 g/mol. The van der Waals surface area contributed by atoms with E-state index in [2.05, 4.69) is 5.32 Å². The van der Waals surface area contributed by atoms with Gasteiger partial charge in [0.05, 0.1) is 11.8 Å². The fourth-order valence-corrected chi connectivity index (χ4v) is 5.39. The van der Waals surface area contributed by atoms with Crippen LogP contribution in [-0.2, 0) is 14.8 Å². The Kier molecular flexibility index (Phi) is 8.09. The summed E-state index contributed by atoms with van der Waals surface area (Å²) in [6.45, 7) is 4.78. The van der Waals surface area contributed by atoms with E-state index >= 15 is 0 Å².